The number of hydrogen-bond acceptors (Lipinski definition) is 5. The minimum Gasteiger partial charge on any atom is -0.391 e. The van der Waals surface area contributed by atoms with Crippen LogP contribution in [-0.4, -0.2) is 55.0 Å². The van der Waals surface area contributed by atoms with Crippen molar-refractivity contribution in [1.29, 1.82) is 0 Å². The first-order valence-electron chi connectivity index (χ1n) is 6.55. The van der Waals surface area contributed by atoms with Crippen molar-refractivity contribution in [1.82, 2.24) is 9.21 Å². The molecule has 0 amide bonds. The van der Waals surface area contributed by atoms with E-state index in [1.807, 2.05) is 0 Å². The van der Waals surface area contributed by atoms with Crippen LogP contribution in [0.15, 0.2) is 16.3 Å². The smallest absolute Gasteiger partial charge is 0.252 e. The molecule has 0 spiro atoms. The van der Waals surface area contributed by atoms with E-state index in [2.05, 4.69) is 4.90 Å². The van der Waals surface area contributed by atoms with Crippen LogP contribution < -0.4 is 0 Å². The topological polar surface area (TPSA) is 60.9 Å². The van der Waals surface area contributed by atoms with Crippen molar-refractivity contribution in [3.05, 3.63) is 17.0 Å². The highest BCUT2D eigenvalue weighted by Crippen LogP contribution is 2.30. The maximum Gasteiger partial charge on any atom is 0.252 e. The van der Waals surface area contributed by atoms with Crippen molar-refractivity contribution in [2.75, 3.05) is 26.2 Å². The lowest BCUT2D eigenvalue weighted by atomic mass is 10.3. The van der Waals surface area contributed by atoms with Gasteiger partial charge in [0.2, 0.25) is 0 Å². The van der Waals surface area contributed by atoms with Gasteiger partial charge in [0.1, 0.15) is 4.21 Å². The van der Waals surface area contributed by atoms with Crippen molar-refractivity contribution in [2.45, 2.75) is 29.7 Å². The van der Waals surface area contributed by atoms with Crippen molar-refractivity contribution in [2.24, 2.45) is 0 Å². The Morgan fingerprint density at radius 3 is 2.42 bits per heavy atom. The van der Waals surface area contributed by atoms with Gasteiger partial charge in [0.25, 0.3) is 10.0 Å². The lowest BCUT2D eigenvalue weighted by Crippen LogP contribution is -2.49. The van der Waals surface area contributed by atoms with Gasteiger partial charge in [0.05, 0.1) is 6.61 Å². The summed E-state index contributed by atoms with van der Waals surface area (Å²) in [6.45, 7) is 2.72. The second-order valence-electron chi connectivity index (χ2n) is 5.05. The summed E-state index contributed by atoms with van der Waals surface area (Å²) < 4.78 is 26.8. The van der Waals surface area contributed by atoms with E-state index in [9.17, 15) is 8.42 Å². The summed E-state index contributed by atoms with van der Waals surface area (Å²) in [5.74, 6) is 0. The number of aliphatic hydroxyl groups is 1. The van der Waals surface area contributed by atoms with Crippen molar-refractivity contribution < 1.29 is 13.5 Å². The Morgan fingerprint density at radius 2 is 1.89 bits per heavy atom. The number of sulfonamides is 1. The summed E-state index contributed by atoms with van der Waals surface area (Å²) in [5.41, 5.74) is 0. The van der Waals surface area contributed by atoms with Crippen LogP contribution in [0.5, 0.6) is 0 Å². The van der Waals surface area contributed by atoms with Crippen LogP contribution in [-0.2, 0) is 16.6 Å². The average Bonchev–Trinajstić information content (AvgIpc) is 3.15. The van der Waals surface area contributed by atoms with Gasteiger partial charge in [-0.15, -0.1) is 11.3 Å². The molecule has 0 radical (unpaired) electrons. The summed E-state index contributed by atoms with van der Waals surface area (Å²) in [6.07, 6.45) is 2.52. The average molecular weight is 302 g/mol. The number of rotatable bonds is 4. The van der Waals surface area contributed by atoms with Crippen molar-refractivity contribution >= 4 is 21.4 Å². The normalized spacial score (nSPS) is 22.8. The van der Waals surface area contributed by atoms with Gasteiger partial charge in [-0.1, -0.05) is 0 Å². The third-order valence-corrected chi connectivity index (χ3v) is 7.16. The lowest BCUT2D eigenvalue weighted by Gasteiger charge is -2.33. The van der Waals surface area contributed by atoms with Crippen LogP contribution in [0.3, 0.4) is 0 Å². The molecule has 0 bridgehead atoms. The van der Waals surface area contributed by atoms with Gasteiger partial charge in [-0.2, -0.15) is 4.31 Å². The molecule has 3 rings (SSSR count). The highest BCUT2D eigenvalue weighted by molar-refractivity contribution is 7.91. The van der Waals surface area contributed by atoms with Gasteiger partial charge in [-0.3, -0.25) is 4.90 Å². The van der Waals surface area contributed by atoms with E-state index in [1.165, 1.54) is 12.8 Å². The molecule has 0 unspecified atom stereocenters. The van der Waals surface area contributed by atoms with Crippen molar-refractivity contribution in [3.8, 4) is 0 Å². The fourth-order valence-corrected chi connectivity index (χ4v) is 5.25. The number of aliphatic hydroxyl groups excluding tert-OH is 1. The molecule has 2 fully saturated rings. The molecule has 19 heavy (non-hydrogen) atoms. The molecule has 5 nitrogen and oxygen atoms in total. The number of thiophene rings is 1. The van der Waals surface area contributed by atoms with Crippen LogP contribution >= 0.6 is 11.3 Å². The molecular formula is C12H18N2O3S2. The van der Waals surface area contributed by atoms with Gasteiger partial charge < -0.3 is 5.11 Å². The van der Waals surface area contributed by atoms with E-state index in [0.717, 1.165) is 24.4 Å². The molecular weight excluding hydrogens is 284 g/mol. The van der Waals surface area contributed by atoms with E-state index in [1.54, 1.807) is 16.4 Å². The molecule has 1 aromatic rings. The molecule has 1 aliphatic carbocycles. The van der Waals surface area contributed by atoms with Gasteiger partial charge in [0.15, 0.2) is 0 Å². The highest BCUT2D eigenvalue weighted by atomic mass is 32.2. The quantitative estimate of drug-likeness (QED) is 0.890. The maximum atomic E-state index is 12.4. The zero-order valence-electron chi connectivity index (χ0n) is 10.7. The maximum absolute atomic E-state index is 12.4. The lowest BCUT2D eigenvalue weighted by molar-refractivity contribution is 0.181. The molecule has 1 saturated carbocycles. The Morgan fingerprint density at radius 1 is 1.21 bits per heavy atom. The van der Waals surface area contributed by atoms with Gasteiger partial charge in [-0.25, -0.2) is 8.42 Å². The predicted octanol–water partition coefficient (Wildman–Crippen LogP) is 0.709. The molecule has 1 N–H and O–H groups in total. The molecule has 0 aromatic carbocycles. The minimum absolute atomic E-state index is 0.102. The molecule has 2 heterocycles. The number of hydrogen-bond donors (Lipinski definition) is 1. The molecule has 7 heteroatoms. The first-order chi connectivity index (χ1) is 9.11. The monoisotopic (exact) mass is 302 g/mol. The largest absolute Gasteiger partial charge is 0.391 e. The summed E-state index contributed by atoms with van der Waals surface area (Å²) in [4.78, 5) is 3.08. The molecule has 1 saturated heterocycles. The van der Waals surface area contributed by atoms with E-state index < -0.39 is 10.0 Å². The van der Waals surface area contributed by atoms with Crippen LogP contribution in [0.1, 0.15) is 17.7 Å². The summed E-state index contributed by atoms with van der Waals surface area (Å²) in [5, 5.41) is 9.03. The molecule has 106 valence electrons. The minimum atomic E-state index is -3.37. The van der Waals surface area contributed by atoms with Crippen LogP contribution in [0.4, 0.5) is 0 Å². The fourth-order valence-electron chi connectivity index (χ4n) is 2.46. The van der Waals surface area contributed by atoms with Gasteiger partial charge in [0, 0.05) is 37.1 Å². The third kappa shape index (κ3) is 2.71. The summed E-state index contributed by atoms with van der Waals surface area (Å²) in [6, 6.07) is 3.98. The second kappa shape index (κ2) is 5.14. The van der Waals surface area contributed by atoms with Crippen LogP contribution in [0.2, 0.25) is 0 Å². The van der Waals surface area contributed by atoms with Crippen molar-refractivity contribution in [3.63, 3.8) is 0 Å². The zero-order valence-corrected chi connectivity index (χ0v) is 12.3. The van der Waals surface area contributed by atoms with Gasteiger partial charge in [-0.05, 0) is 25.0 Å². The van der Waals surface area contributed by atoms with Crippen LogP contribution in [0, 0.1) is 0 Å². The Labute approximate surface area is 117 Å². The van der Waals surface area contributed by atoms with Gasteiger partial charge >= 0.3 is 0 Å². The summed E-state index contributed by atoms with van der Waals surface area (Å²) >= 11 is 1.16. The Balaban J connectivity index is 1.70. The predicted molar refractivity (Wildman–Crippen MR) is 73.6 cm³/mol. The first-order valence-corrected chi connectivity index (χ1v) is 8.80. The second-order valence-corrected chi connectivity index (χ2v) is 8.38. The number of nitrogens with zero attached hydrogens (tertiary/aromatic N) is 2. The van der Waals surface area contributed by atoms with Crippen LogP contribution in [0.25, 0.3) is 0 Å². The summed E-state index contributed by atoms with van der Waals surface area (Å²) in [7, 11) is -3.37. The Bertz CT molecular complexity index is 543. The van der Waals surface area contributed by atoms with E-state index in [4.69, 9.17) is 5.11 Å². The van der Waals surface area contributed by atoms with E-state index >= 15 is 0 Å². The molecule has 1 aromatic heterocycles. The molecule has 1 aliphatic heterocycles. The highest BCUT2D eigenvalue weighted by Gasteiger charge is 2.35. The van der Waals surface area contributed by atoms with E-state index in [-0.39, 0.29) is 6.61 Å². The SMILES string of the molecule is O=S(=O)(c1ccc(CO)s1)N1CCN(C2CC2)CC1. The Hall–Kier alpha value is -0.470. The Kier molecular flexibility index (Phi) is 3.65. The third-order valence-electron chi connectivity index (χ3n) is 3.72. The van der Waals surface area contributed by atoms with E-state index in [0.29, 0.717) is 28.2 Å². The number of piperazine rings is 1. The fraction of sp³-hybridized carbons (Fsp3) is 0.667. The zero-order chi connectivity index (χ0) is 13.5. The standard InChI is InChI=1S/C12H18N2O3S2/c15-9-11-3-4-12(18-11)19(16,17)14-7-5-13(6-8-14)10-1-2-10/h3-4,10,15H,1-2,5-9H2. The molecule has 2 aliphatic rings. The first kappa shape index (κ1) is 13.5. The molecule has 0 atom stereocenters.